The fraction of sp³-hybridized carbons (Fsp3) is 0.529. The van der Waals surface area contributed by atoms with Crippen LogP contribution in [0.15, 0.2) is 85.1 Å². The minimum atomic E-state index is -0.914. The van der Waals surface area contributed by atoms with Gasteiger partial charge in [-0.25, -0.2) is 0 Å². The third-order valence-electron chi connectivity index (χ3n) is 15.7. The Morgan fingerprint density at radius 2 is 1.39 bits per heavy atom. The summed E-state index contributed by atoms with van der Waals surface area (Å²) in [5.74, 6) is -1.92. The van der Waals surface area contributed by atoms with E-state index in [0.717, 1.165) is 68.3 Å². The van der Waals surface area contributed by atoms with Crippen molar-refractivity contribution >= 4 is 45.9 Å². The van der Waals surface area contributed by atoms with Gasteiger partial charge in [0, 0.05) is 51.2 Å². The molecule has 0 spiro atoms. The first kappa shape index (κ1) is 44.7. The molecule has 7 rings (SSSR count). The Kier molecular flexibility index (Phi) is 13.3. The molecule has 3 aliphatic carbocycles. The lowest BCUT2D eigenvalue weighted by atomic mass is 9.51. The zero-order valence-corrected chi connectivity index (χ0v) is 38.1. The molecule has 2 amide bonds. The molecule has 0 radical (unpaired) electrons. The summed E-state index contributed by atoms with van der Waals surface area (Å²) in [5, 5.41) is 4.87. The van der Waals surface area contributed by atoms with Crippen LogP contribution in [0.4, 0.5) is 0 Å². The third-order valence-corrected chi connectivity index (χ3v) is 15.9. The van der Waals surface area contributed by atoms with Crippen LogP contribution in [0.3, 0.4) is 0 Å². The van der Waals surface area contributed by atoms with E-state index in [-0.39, 0.29) is 46.7 Å². The monoisotopic (exact) mass is 847 g/mol. The summed E-state index contributed by atoms with van der Waals surface area (Å²) in [6.07, 6.45) is 11.2. The summed E-state index contributed by atoms with van der Waals surface area (Å²) in [7, 11) is 8.57. The molecule has 10 heteroatoms. The summed E-state index contributed by atoms with van der Waals surface area (Å²) in [5.41, 5.74) is 2.89. The molecule has 3 unspecified atom stereocenters. The van der Waals surface area contributed by atoms with E-state index in [0.29, 0.717) is 30.2 Å². The van der Waals surface area contributed by atoms with Gasteiger partial charge in [0.2, 0.25) is 5.91 Å². The van der Waals surface area contributed by atoms with Crippen LogP contribution < -0.4 is 5.32 Å². The molecule has 3 saturated carbocycles. The van der Waals surface area contributed by atoms with Gasteiger partial charge in [-0.1, -0.05) is 86.1 Å². The molecule has 3 aliphatic rings. The quantitative estimate of drug-likeness (QED) is 0.0915. The summed E-state index contributed by atoms with van der Waals surface area (Å²) >= 11 is 6.23. The SMILES string of the molecule is CC(=O)C1CC(C(C(=O)NC2CCC(Cc3ccc(Cl)cc3)(N(C)C)CC2)N(C(=O)C(=O)c2c[nH]c3ccccc23)C2CCC(CCc3ccccc3)(N(C)C)CC2)C1(C)C. The number of nitrogens with zero attached hydrogens (tertiary/aromatic N) is 3. The number of likely N-dealkylation sites (N-methyl/N-ethyl adjacent to an activating group) is 1. The fourth-order valence-corrected chi connectivity index (χ4v) is 11.5. The van der Waals surface area contributed by atoms with E-state index >= 15 is 9.59 Å². The lowest BCUT2D eigenvalue weighted by molar-refractivity contribution is -0.160. The van der Waals surface area contributed by atoms with E-state index in [4.69, 9.17) is 11.6 Å². The molecule has 326 valence electrons. The number of amides is 2. The van der Waals surface area contributed by atoms with Crippen LogP contribution in [0, 0.1) is 17.3 Å². The van der Waals surface area contributed by atoms with Gasteiger partial charge in [0.05, 0.1) is 5.56 Å². The maximum atomic E-state index is 15.3. The van der Waals surface area contributed by atoms with Crippen LogP contribution in [-0.4, -0.2) is 100 Å². The van der Waals surface area contributed by atoms with Crippen LogP contribution in [-0.2, 0) is 27.2 Å². The molecular formula is C51H66ClN5O4. The number of aryl methyl sites for hydroxylation is 1. The van der Waals surface area contributed by atoms with Crippen LogP contribution in [0.2, 0.25) is 5.02 Å². The molecule has 2 N–H and O–H groups in total. The van der Waals surface area contributed by atoms with Crippen molar-refractivity contribution in [2.75, 3.05) is 28.2 Å². The lowest BCUT2D eigenvalue weighted by Crippen LogP contribution is -2.67. The standard InChI is InChI=1S/C51H66ClN5O4/c1-34(58)42-31-43(49(42,2)3)45(47(60)54-38-22-27-51(28-23-38,56(6)7)32-36-17-19-37(52)20-18-36)57(48(61)46(59)41-33-53-44-16-12-11-15-40(41)44)39-24-29-50(30-25-39,55(4)5)26-21-35-13-9-8-10-14-35/h8-20,33,38-39,42-43,45,53H,21-32H2,1-7H3,(H,54,60). The normalized spacial score (nSPS) is 26.7. The van der Waals surface area contributed by atoms with Crippen molar-refractivity contribution in [2.24, 2.45) is 17.3 Å². The number of Topliss-reactive ketones (excluding diaryl/α,β-unsaturated/α-hetero) is 2. The molecule has 1 aromatic heterocycles. The third kappa shape index (κ3) is 9.12. The maximum Gasteiger partial charge on any atom is 0.295 e. The zero-order valence-electron chi connectivity index (χ0n) is 37.3. The number of aromatic nitrogens is 1. The predicted molar refractivity (Wildman–Crippen MR) is 245 cm³/mol. The molecule has 3 aromatic carbocycles. The van der Waals surface area contributed by atoms with Gasteiger partial charge in [0.15, 0.2) is 0 Å². The molecule has 0 saturated heterocycles. The van der Waals surface area contributed by atoms with Crippen molar-refractivity contribution < 1.29 is 19.2 Å². The van der Waals surface area contributed by atoms with Gasteiger partial charge < -0.3 is 25.0 Å². The molecule has 0 bridgehead atoms. The molecule has 61 heavy (non-hydrogen) atoms. The summed E-state index contributed by atoms with van der Waals surface area (Å²) in [4.78, 5) is 67.8. The van der Waals surface area contributed by atoms with Crippen molar-refractivity contribution in [1.29, 1.82) is 0 Å². The number of rotatable bonds is 15. The average molecular weight is 849 g/mol. The summed E-state index contributed by atoms with van der Waals surface area (Å²) in [6, 6.07) is 24.8. The lowest BCUT2D eigenvalue weighted by Gasteiger charge is -2.57. The van der Waals surface area contributed by atoms with E-state index in [1.165, 1.54) is 11.1 Å². The number of ketones is 2. The van der Waals surface area contributed by atoms with Gasteiger partial charge in [-0.05, 0) is 153 Å². The van der Waals surface area contributed by atoms with E-state index in [1.807, 2.05) is 42.5 Å². The number of H-pyrrole nitrogens is 1. The minimum absolute atomic E-state index is 0.0750. The molecule has 3 atom stereocenters. The largest absolute Gasteiger partial charge is 0.360 e. The van der Waals surface area contributed by atoms with Gasteiger partial charge in [0.1, 0.15) is 11.8 Å². The zero-order chi connectivity index (χ0) is 43.7. The first-order valence-corrected chi connectivity index (χ1v) is 22.8. The number of aromatic amines is 1. The van der Waals surface area contributed by atoms with Crippen molar-refractivity contribution in [3.8, 4) is 0 Å². The summed E-state index contributed by atoms with van der Waals surface area (Å²) < 4.78 is 0. The second-order valence-electron chi connectivity index (χ2n) is 19.6. The first-order valence-electron chi connectivity index (χ1n) is 22.4. The van der Waals surface area contributed by atoms with Crippen LogP contribution in [0.5, 0.6) is 0 Å². The highest BCUT2D eigenvalue weighted by Crippen LogP contribution is 2.55. The Bertz CT molecular complexity index is 2180. The first-order chi connectivity index (χ1) is 29.0. The number of carbonyl (C=O) groups excluding carboxylic acids is 4. The number of para-hydroxylation sites is 1. The van der Waals surface area contributed by atoms with Crippen LogP contribution >= 0.6 is 11.6 Å². The topological polar surface area (TPSA) is 106 Å². The van der Waals surface area contributed by atoms with Crippen molar-refractivity contribution in [1.82, 2.24) is 25.0 Å². The second kappa shape index (κ2) is 18.2. The number of carbonyl (C=O) groups is 4. The summed E-state index contributed by atoms with van der Waals surface area (Å²) in [6.45, 7) is 5.74. The maximum absolute atomic E-state index is 15.3. The highest BCUT2D eigenvalue weighted by molar-refractivity contribution is 6.45. The van der Waals surface area contributed by atoms with Crippen molar-refractivity contribution in [3.05, 3.63) is 107 Å². The number of hydrogen-bond donors (Lipinski definition) is 2. The van der Waals surface area contributed by atoms with Crippen LogP contribution in [0.25, 0.3) is 10.9 Å². The number of halogens is 1. The number of fused-ring (bicyclic) bond motifs is 1. The molecular weight excluding hydrogens is 782 g/mol. The fourth-order valence-electron chi connectivity index (χ4n) is 11.4. The van der Waals surface area contributed by atoms with E-state index in [9.17, 15) is 9.59 Å². The Morgan fingerprint density at radius 3 is 2.00 bits per heavy atom. The number of hydrogen-bond acceptors (Lipinski definition) is 6. The number of benzene rings is 3. The Morgan fingerprint density at radius 1 is 0.787 bits per heavy atom. The Balaban J connectivity index is 1.20. The second-order valence-corrected chi connectivity index (χ2v) is 20.0. The molecule has 4 aromatic rings. The van der Waals surface area contributed by atoms with E-state index in [2.05, 4.69) is 98.5 Å². The smallest absolute Gasteiger partial charge is 0.295 e. The van der Waals surface area contributed by atoms with Gasteiger partial charge in [0.25, 0.3) is 11.7 Å². The minimum Gasteiger partial charge on any atom is -0.360 e. The van der Waals surface area contributed by atoms with Gasteiger partial charge >= 0.3 is 0 Å². The number of nitrogens with one attached hydrogen (secondary N) is 2. The Hall–Kier alpha value is -4.31. The Labute approximate surface area is 368 Å². The average Bonchev–Trinajstić information content (AvgIpc) is 3.68. The molecule has 3 fully saturated rings. The van der Waals surface area contributed by atoms with Crippen molar-refractivity contribution in [2.45, 2.75) is 127 Å². The van der Waals surface area contributed by atoms with Gasteiger partial charge in [-0.3, -0.25) is 19.2 Å². The predicted octanol–water partition coefficient (Wildman–Crippen LogP) is 8.93. The molecule has 1 heterocycles. The van der Waals surface area contributed by atoms with E-state index < -0.39 is 23.1 Å². The van der Waals surface area contributed by atoms with Crippen LogP contribution in [0.1, 0.15) is 106 Å². The molecule has 0 aliphatic heterocycles. The van der Waals surface area contributed by atoms with Crippen molar-refractivity contribution in [3.63, 3.8) is 0 Å². The molecule has 9 nitrogen and oxygen atoms in total. The highest BCUT2D eigenvalue weighted by Gasteiger charge is 2.58. The van der Waals surface area contributed by atoms with Gasteiger partial charge in [-0.15, -0.1) is 0 Å². The highest BCUT2D eigenvalue weighted by atomic mass is 35.5. The van der Waals surface area contributed by atoms with Gasteiger partial charge in [-0.2, -0.15) is 0 Å². The van der Waals surface area contributed by atoms with E-state index in [1.54, 1.807) is 18.0 Å².